The highest BCUT2D eigenvalue weighted by Gasteiger charge is 2.14. The van der Waals surface area contributed by atoms with Gasteiger partial charge in [-0.2, -0.15) is 0 Å². The molecule has 0 aliphatic heterocycles. The van der Waals surface area contributed by atoms with Gasteiger partial charge in [-0.15, -0.1) is 0 Å². The number of ether oxygens (including phenoxy) is 1. The first-order valence-corrected chi connectivity index (χ1v) is 6.23. The Labute approximate surface area is 113 Å². The summed E-state index contributed by atoms with van der Waals surface area (Å²) in [5.41, 5.74) is 0.349. The van der Waals surface area contributed by atoms with Crippen LogP contribution in [-0.2, 0) is 4.74 Å². The summed E-state index contributed by atoms with van der Waals surface area (Å²) in [5.74, 6) is -0.749. The molecule has 1 aromatic carbocycles. The zero-order chi connectivity index (χ0) is 13.5. The van der Waals surface area contributed by atoms with Gasteiger partial charge in [0.1, 0.15) is 5.82 Å². The van der Waals surface area contributed by atoms with Gasteiger partial charge in [-0.1, -0.05) is 0 Å². The Morgan fingerprint density at radius 3 is 2.89 bits per heavy atom. The number of methoxy groups -OCH3 is 1. The number of nitrogens with one attached hydrogen (secondary N) is 1. The van der Waals surface area contributed by atoms with Gasteiger partial charge in [-0.05, 0) is 40.5 Å². The molecule has 1 unspecified atom stereocenters. The maximum atomic E-state index is 13.0. The Bertz CT molecular complexity index is 408. The zero-order valence-corrected chi connectivity index (χ0v) is 11.5. The molecule has 1 amide bonds. The molecule has 6 heteroatoms. The second-order valence-electron chi connectivity index (χ2n) is 3.77. The Balaban J connectivity index is 2.70. The lowest BCUT2D eigenvalue weighted by Gasteiger charge is -2.16. The van der Waals surface area contributed by atoms with E-state index >= 15 is 0 Å². The maximum absolute atomic E-state index is 13.0. The molecule has 0 aliphatic rings. The van der Waals surface area contributed by atoms with Crippen LogP contribution in [0.5, 0.6) is 0 Å². The van der Waals surface area contributed by atoms with E-state index in [0.717, 1.165) is 0 Å². The molecule has 0 aromatic heterocycles. The second-order valence-corrected chi connectivity index (χ2v) is 4.62. The smallest absolute Gasteiger partial charge is 0.251 e. The van der Waals surface area contributed by atoms with E-state index in [0.29, 0.717) is 18.6 Å². The van der Waals surface area contributed by atoms with Crippen molar-refractivity contribution in [3.05, 3.63) is 34.1 Å². The summed E-state index contributed by atoms with van der Waals surface area (Å²) < 4.78 is 18.2. The van der Waals surface area contributed by atoms with E-state index < -0.39 is 5.82 Å². The van der Waals surface area contributed by atoms with Crippen molar-refractivity contribution in [3.63, 3.8) is 0 Å². The molecule has 1 atom stereocenters. The van der Waals surface area contributed by atoms with E-state index in [-0.39, 0.29) is 23.0 Å². The SMILES string of the molecule is COCC(CCO)NC(=O)c1ccc(F)c(Br)c1. The monoisotopic (exact) mass is 319 g/mol. The van der Waals surface area contributed by atoms with Gasteiger partial charge in [0, 0.05) is 19.3 Å². The molecule has 1 aromatic rings. The summed E-state index contributed by atoms with van der Waals surface area (Å²) in [6.07, 6.45) is 0.405. The molecule has 2 N–H and O–H groups in total. The number of amides is 1. The summed E-state index contributed by atoms with van der Waals surface area (Å²) >= 11 is 3.02. The second kappa shape index (κ2) is 7.45. The first-order chi connectivity index (χ1) is 8.58. The third-order valence-electron chi connectivity index (χ3n) is 2.36. The third kappa shape index (κ3) is 4.36. The minimum Gasteiger partial charge on any atom is -0.396 e. The number of benzene rings is 1. The normalized spacial score (nSPS) is 12.2. The fourth-order valence-corrected chi connectivity index (χ4v) is 1.84. The highest BCUT2D eigenvalue weighted by Crippen LogP contribution is 2.16. The van der Waals surface area contributed by atoms with Crippen molar-refractivity contribution in [3.8, 4) is 0 Å². The third-order valence-corrected chi connectivity index (χ3v) is 2.97. The van der Waals surface area contributed by atoms with Crippen LogP contribution in [0, 0.1) is 5.82 Å². The highest BCUT2D eigenvalue weighted by atomic mass is 79.9. The lowest BCUT2D eigenvalue weighted by Crippen LogP contribution is -2.38. The van der Waals surface area contributed by atoms with E-state index in [1.165, 1.54) is 25.3 Å². The number of carbonyl (C=O) groups is 1. The fourth-order valence-electron chi connectivity index (χ4n) is 1.46. The summed E-state index contributed by atoms with van der Waals surface area (Å²) in [6.45, 7) is 0.274. The van der Waals surface area contributed by atoms with Crippen LogP contribution in [-0.4, -0.2) is 37.4 Å². The van der Waals surface area contributed by atoms with E-state index in [4.69, 9.17) is 9.84 Å². The summed E-state index contributed by atoms with van der Waals surface area (Å²) in [4.78, 5) is 11.9. The predicted octanol–water partition coefficient (Wildman–Crippen LogP) is 1.72. The van der Waals surface area contributed by atoms with Gasteiger partial charge < -0.3 is 15.2 Å². The summed E-state index contributed by atoms with van der Waals surface area (Å²) in [7, 11) is 1.52. The number of hydrogen-bond donors (Lipinski definition) is 2. The van der Waals surface area contributed by atoms with Crippen molar-refractivity contribution in [2.45, 2.75) is 12.5 Å². The summed E-state index contributed by atoms with van der Waals surface area (Å²) in [5, 5.41) is 11.6. The van der Waals surface area contributed by atoms with Crippen molar-refractivity contribution in [2.24, 2.45) is 0 Å². The number of aliphatic hydroxyl groups excluding tert-OH is 1. The standard InChI is InChI=1S/C12H15BrFNO3/c1-18-7-9(4-5-16)15-12(17)8-2-3-11(14)10(13)6-8/h2-3,6,9,16H,4-5,7H2,1H3,(H,15,17). The zero-order valence-electron chi connectivity index (χ0n) is 9.95. The number of rotatable bonds is 6. The fraction of sp³-hybridized carbons (Fsp3) is 0.417. The lowest BCUT2D eigenvalue weighted by molar-refractivity contribution is 0.0878. The number of halogens is 2. The van der Waals surface area contributed by atoms with E-state index in [1.54, 1.807) is 0 Å². The number of hydrogen-bond acceptors (Lipinski definition) is 3. The van der Waals surface area contributed by atoms with Crippen LogP contribution in [0.1, 0.15) is 16.8 Å². The Morgan fingerprint density at radius 1 is 1.61 bits per heavy atom. The van der Waals surface area contributed by atoms with Crippen LogP contribution in [0.4, 0.5) is 4.39 Å². The molecule has 0 spiro atoms. The molecule has 0 saturated carbocycles. The topological polar surface area (TPSA) is 58.6 Å². The quantitative estimate of drug-likeness (QED) is 0.839. The molecule has 0 saturated heterocycles. The van der Waals surface area contributed by atoms with Gasteiger partial charge in [0.2, 0.25) is 0 Å². The molecule has 0 aliphatic carbocycles. The van der Waals surface area contributed by atoms with Gasteiger partial charge in [-0.3, -0.25) is 4.79 Å². The average molecular weight is 320 g/mol. The van der Waals surface area contributed by atoms with Crippen LogP contribution < -0.4 is 5.32 Å². The van der Waals surface area contributed by atoms with Gasteiger partial charge in [0.15, 0.2) is 0 Å². The van der Waals surface area contributed by atoms with Gasteiger partial charge in [0.05, 0.1) is 17.1 Å². The molecule has 0 heterocycles. The number of carbonyl (C=O) groups excluding carboxylic acids is 1. The van der Waals surface area contributed by atoms with E-state index in [9.17, 15) is 9.18 Å². The molecule has 0 radical (unpaired) electrons. The molecular formula is C12H15BrFNO3. The molecule has 18 heavy (non-hydrogen) atoms. The highest BCUT2D eigenvalue weighted by molar-refractivity contribution is 9.10. The average Bonchev–Trinajstić information content (AvgIpc) is 2.33. The first-order valence-electron chi connectivity index (χ1n) is 5.44. The largest absolute Gasteiger partial charge is 0.396 e. The van der Waals surface area contributed by atoms with Gasteiger partial charge in [-0.25, -0.2) is 4.39 Å². The number of aliphatic hydroxyl groups is 1. The van der Waals surface area contributed by atoms with Gasteiger partial charge in [0.25, 0.3) is 5.91 Å². The van der Waals surface area contributed by atoms with Crippen molar-refractivity contribution >= 4 is 21.8 Å². The Morgan fingerprint density at radius 2 is 2.33 bits per heavy atom. The minimum atomic E-state index is -0.421. The van der Waals surface area contributed by atoms with Crippen LogP contribution in [0.25, 0.3) is 0 Å². The van der Waals surface area contributed by atoms with Crippen LogP contribution in [0.3, 0.4) is 0 Å². The molecule has 4 nitrogen and oxygen atoms in total. The van der Waals surface area contributed by atoms with Crippen LogP contribution in [0.2, 0.25) is 0 Å². The molecular weight excluding hydrogens is 305 g/mol. The van der Waals surface area contributed by atoms with Crippen LogP contribution in [0.15, 0.2) is 22.7 Å². The van der Waals surface area contributed by atoms with Crippen molar-refractivity contribution in [1.82, 2.24) is 5.32 Å². The maximum Gasteiger partial charge on any atom is 0.251 e. The van der Waals surface area contributed by atoms with Crippen molar-refractivity contribution in [2.75, 3.05) is 20.3 Å². The van der Waals surface area contributed by atoms with Crippen molar-refractivity contribution < 1.29 is 19.0 Å². The predicted molar refractivity (Wildman–Crippen MR) is 68.9 cm³/mol. The molecule has 0 bridgehead atoms. The lowest BCUT2D eigenvalue weighted by atomic mass is 10.1. The van der Waals surface area contributed by atoms with Crippen molar-refractivity contribution in [1.29, 1.82) is 0 Å². The van der Waals surface area contributed by atoms with Crippen LogP contribution >= 0.6 is 15.9 Å². The Hall–Kier alpha value is -0.980. The molecule has 100 valence electrons. The Kier molecular flexibility index (Phi) is 6.24. The minimum absolute atomic E-state index is 0.0403. The van der Waals surface area contributed by atoms with Gasteiger partial charge >= 0.3 is 0 Å². The first kappa shape index (κ1) is 15.1. The van der Waals surface area contributed by atoms with E-state index in [2.05, 4.69) is 21.2 Å². The summed E-state index contributed by atoms with van der Waals surface area (Å²) in [6, 6.07) is 3.76. The molecule has 1 rings (SSSR count). The van der Waals surface area contributed by atoms with E-state index in [1.807, 2.05) is 0 Å². The molecule has 0 fully saturated rings.